The van der Waals surface area contributed by atoms with Gasteiger partial charge in [0.2, 0.25) is 0 Å². The van der Waals surface area contributed by atoms with Gasteiger partial charge in [-0.3, -0.25) is 9.89 Å². The van der Waals surface area contributed by atoms with Crippen LogP contribution in [-0.2, 0) is 6.42 Å². The van der Waals surface area contributed by atoms with E-state index in [0.717, 1.165) is 39.9 Å². The normalized spacial score (nSPS) is 12.9. The van der Waals surface area contributed by atoms with Crippen LogP contribution in [0.15, 0.2) is 54.7 Å². The van der Waals surface area contributed by atoms with Crippen LogP contribution in [0.4, 0.5) is 0 Å². The number of nitrogens with one attached hydrogen (secondary N) is 1. The molecule has 4 rings (SSSR count). The summed E-state index contributed by atoms with van der Waals surface area (Å²) in [4.78, 5) is 12.5. The van der Waals surface area contributed by atoms with Crippen molar-refractivity contribution in [1.29, 1.82) is 0 Å². The second-order valence-electron chi connectivity index (χ2n) is 5.01. The van der Waals surface area contributed by atoms with E-state index in [2.05, 4.69) is 16.3 Å². The molecule has 1 aliphatic carbocycles. The van der Waals surface area contributed by atoms with E-state index in [1.807, 2.05) is 42.5 Å². The molecule has 0 bridgehead atoms. The monoisotopic (exact) mass is 260 g/mol. The topological polar surface area (TPSA) is 45.8 Å². The van der Waals surface area contributed by atoms with Crippen molar-refractivity contribution in [2.24, 2.45) is 0 Å². The fourth-order valence-electron chi connectivity index (χ4n) is 2.79. The summed E-state index contributed by atoms with van der Waals surface area (Å²) in [6.07, 6.45) is 2.54. The van der Waals surface area contributed by atoms with Crippen molar-refractivity contribution in [3.63, 3.8) is 0 Å². The Morgan fingerprint density at radius 1 is 0.950 bits per heavy atom. The fraction of sp³-hybridized carbons (Fsp3) is 0.0588. The first kappa shape index (κ1) is 11.2. The third kappa shape index (κ3) is 1.60. The molecule has 0 saturated heterocycles. The van der Waals surface area contributed by atoms with Gasteiger partial charge < -0.3 is 0 Å². The van der Waals surface area contributed by atoms with Crippen LogP contribution < -0.4 is 0 Å². The summed E-state index contributed by atoms with van der Waals surface area (Å²) in [6.45, 7) is 0. The first-order valence-corrected chi connectivity index (χ1v) is 6.58. The van der Waals surface area contributed by atoms with Crippen molar-refractivity contribution in [3.8, 4) is 11.3 Å². The summed E-state index contributed by atoms with van der Waals surface area (Å²) in [5, 5.41) is 6.93. The second-order valence-corrected chi connectivity index (χ2v) is 5.01. The van der Waals surface area contributed by atoms with Crippen LogP contribution in [0.25, 0.3) is 11.3 Å². The van der Waals surface area contributed by atoms with Crippen LogP contribution >= 0.6 is 0 Å². The Morgan fingerprint density at radius 3 is 2.65 bits per heavy atom. The van der Waals surface area contributed by atoms with Crippen molar-refractivity contribution < 1.29 is 4.79 Å². The first-order chi connectivity index (χ1) is 9.83. The Labute approximate surface area is 116 Å². The van der Waals surface area contributed by atoms with Crippen LogP contribution in [0.1, 0.15) is 27.0 Å². The number of carbonyl (C=O) groups is 1. The van der Waals surface area contributed by atoms with E-state index in [1.165, 1.54) is 0 Å². The van der Waals surface area contributed by atoms with Crippen LogP contribution in [0.2, 0.25) is 0 Å². The molecule has 3 aromatic rings. The third-order valence-electron chi connectivity index (χ3n) is 3.80. The van der Waals surface area contributed by atoms with Gasteiger partial charge in [0.25, 0.3) is 0 Å². The molecule has 1 aliphatic rings. The van der Waals surface area contributed by atoms with Gasteiger partial charge in [0.05, 0.1) is 5.69 Å². The maximum absolute atomic E-state index is 12.5. The lowest BCUT2D eigenvalue weighted by molar-refractivity contribution is 0.103. The highest BCUT2D eigenvalue weighted by Crippen LogP contribution is 2.30. The van der Waals surface area contributed by atoms with E-state index in [-0.39, 0.29) is 5.78 Å². The number of benzene rings is 2. The molecule has 2 aromatic carbocycles. The minimum atomic E-state index is 0.123. The number of ketones is 1. The van der Waals surface area contributed by atoms with Crippen LogP contribution in [-0.4, -0.2) is 16.0 Å². The molecular formula is C17H12N2O. The van der Waals surface area contributed by atoms with E-state index in [0.29, 0.717) is 0 Å². The third-order valence-corrected chi connectivity index (χ3v) is 3.80. The number of hydrogen-bond acceptors (Lipinski definition) is 2. The quantitative estimate of drug-likeness (QED) is 0.571. The van der Waals surface area contributed by atoms with E-state index >= 15 is 0 Å². The van der Waals surface area contributed by atoms with Crippen LogP contribution in [0, 0.1) is 0 Å². The van der Waals surface area contributed by atoms with Crippen molar-refractivity contribution in [2.45, 2.75) is 6.42 Å². The lowest BCUT2D eigenvalue weighted by Crippen LogP contribution is -2.14. The van der Waals surface area contributed by atoms with Gasteiger partial charge in [-0.05, 0) is 35.2 Å². The number of aromatic amines is 1. The molecule has 20 heavy (non-hydrogen) atoms. The summed E-state index contributed by atoms with van der Waals surface area (Å²) in [7, 11) is 0. The van der Waals surface area contributed by atoms with E-state index in [4.69, 9.17) is 0 Å². The predicted molar refractivity (Wildman–Crippen MR) is 76.7 cm³/mol. The molecule has 1 heterocycles. The predicted octanol–water partition coefficient (Wildman–Crippen LogP) is 3.21. The molecule has 0 saturated carbocycles. The molecule has 96 valence electrons. The zero-order valence-corrected chi connectivity index (χ0v) is 10.8. The van der Waals surface area contributed by atoms with Crippen LogP contribution in [0.5, 0.6) is 0 Å². The van der Waals surface area contributed by atoms with Gasteiger partial charge in [-0.15, -0.1) is 0 Å². The van der Waals surface area contributed by atoms with Gasteiger partial charge in [-0.1, -0.05) is 36.4 Å². The number of aromatic nitrogens is 2. The van der Waals surface area contributed by atoms with Crippen molar-refractivity contribution in [1.82, 2.24) is 10.2 Å². The van der Waals surface area contributed by atoms with Crippen molar-refractivity contribution in [2.75, 3.05) is 0 Å². The molecular weight excluding hydrogens is 248 g/mol. The van der Waals surface area contributed by atoms with E-state index in [9.17, 15) is 4.79 Å². The molecule has 0 spiro atoms. The van der Waals surface area contributed by atoms with Gasteiger partial charge in [0.15, 0.2) is 5.78 Å². The molecule has 0 atom stereocenters. The Balaban J connectivity index is 1.85. The SMILES string of the molecule is O=C1c2ccccc2Cc2cc(-c3ccn[nH]3)ccc21. The van der Waals surface area contributed by atoms with Gasteiger partial charge in [-0.25, -0.2) is 0 Å². The number of carbonyl (C=O) groups excluding carboxylic acids is 1. The fourth-order valence-corrected chi connectivity index (χ4v) is 2.79. The summed E-state index contributed by atoms with van der Waals surface area (Å²) in [5.74, 6) is 0.123. The highest BCUT2D eigenvalue weighted by atomic mass is 16.1. The Bertz CT molecular complexity index is 804. The Kier molecular flexibility index (Phi) is 2.33. The molecule has 0 radical (unpaired) electrons. The number of fused-ring (bicyclic) bond motifs is 2. The molecule has 1 aromatic heterocycles. The number of nitrogens with zero attached hydrogens (tertiary/aromatic N) is 1. The summed E-state index contributed by atoms with van der Waals surface area (Å²) in [5.41, 5.74) is 5.86. The number of hydrogen-bond donors (Lipinski definition) is 1. The maximum Gasteiger partial charge on any atom is 0.193 e. The second kappa shape index (κ2) is 4.17. The van der Waals surface area contributed by atoms with Gasteiger partial charge >= 0.3 is 0 Å². The Hall–Kier alpha value is -2.68. The highest BCUT2D eigenvalue weighted by molar-refractivity contribution is 6.12. The zero-order valence-electron chi connectivity index (χ0n) is 10.8. The number of rotatable bonds is 1. The molecule has 0 aliphatic heterocycles. The molecule has 3 heteroatoms. The maximum atomic E-state index is 12.5. The molecule has 0 unspecified atom stereocenters. The van der Waals surface area contributed by atoms with Crippen molar-refractivity contribution in [3.05, 3.63) is 77.0 Å². The lowest BCUT2D eigenvalue weighted by atomic mass is 9.84. The van der Waals surface area contributed by atoms with E-state index < -0.39 is 0 Å². The smallest absolute Gasteiger partial charge is 0.193 e. The Morgan fingerprint density at radius 2 is 1.80 bits per heavy atom. The summed E-state index contributed by atoms with van der Waals surface area (Å²) < 4.78 is 0. The van der Waals surface area contributed by atoms with Gasteiger partial charge in [-0.2, -0.15) is 5.10 Å². The average molecular weight is 260 g/mol. The van der Waals surface area contributed by atoms with Crippen LogP contribution in [0.3, 0.4) is 0 Å². The standard InChI is InChI=1S/C17H12N2O/c20-17-14-4-2-1-3-11(14)9-13-10-12(5-6-15(13)17)16-7-8-18-19-16/h1-8,10H,9H2,(H,18,19). The summed E-state index contributed by atoms with van der Waals surface area (Å²) >= 11 is 0. The molecule has 0 fully saturated rings. The average Bonchev–Trinajstić information content (AvgIpc) is 3.01. The minimum Gasteiger partial charge on any atom is -0.289 e. The molecule has 1 N–H and O–H groups in total. The first-order valence-electron chi connectivity index (χ1n) is 6.58. The number of H-pyrrole nitrogens is 1. The zero-order chi connectivity index (χ0) is 13.5. The van der Waals surface area contributed by atoms with Gasteiger partial charge in [0, 0.05) is 17.3 Å². The van der Waals surface area contributed by atoms with Gasteiger partial charge in [0.1, 0.15) is 0 Å². The molecule has 3 nitrogen and oxygen atoms in total. The minimum absolute atomic E-state index is 0.123. The lowest BCUT2D eigenvalue weighted by Gasteiger charge is -2.18. The van der Waals surface area contributed by atoms with E-state index in [1.54, 1.807) is 6.20 Å². The largest absolute Gasteiger partial charge is 0.289 e. The highest BCUT2D eigenvalue weighted by Gasteiger charge is 2.22. The molecule has 0 amide bonds. The summed E-state index contributed by atoms with van der Waals surface area (Å²) in [6, 6.07) is 15.7. The van der Waals surface area contributed by atoms with Crippen molar-refractivity contribution >= 4 is 5.78 Å².